The molecule has 0 heterocycles. The fraction of sp³-hybridized carbons (Fsp3) is 0.867. The van der Waals surface area contributed by atoms with Gasteiger partial charge in [0.2, 0.25) is 0 Å². The van der Waals surface area contributed by atoms with Crippen LogP contribution in [0.25, 0.3) is 0 Å². The van der Waals surface area contributed by atoms with Crippen LogP contribution in [0.2, 0.25) is 0 Å². The average Bonchev–Trinajstić information content (AvgIpc) is 2.30. The fourth-order valence-electron chi connectivity index (χ4n) is 1.98. The van der Waals surface area contributed by atoms with Gasteiger partial charge in [-0.3, -0.25) is 0 Å². The normalized spacial score (nSPS) is 14.4. The van der Waals surface area contributed by atoms with Gasteiger partial charge < -0.3 is 10.6 Å². The lowest BCUT2D eigenvalue weighted by Gasteiger charge is -2.18. The number of nitrogens with one attached hydrogen (secondary N) is 2. The molecule has 2 atom stereocenters. The topological polar surface area (TPSA) is 24.1 Å². The van der Waals surface area contributed by atoms with Gasteiger partial charge in [0.1, 0.15) is 0 Å². The second-order valence-corrected chi connectivity index (χ2v) is 5.22. The third-order valence-electron chi connectivity index (χ3n) is 3.30. The van der Waals surface area contributed by atoms with E-state index in [1.807, 2.05) is 6.92 Å². The lowest BCUT2D eigenvalue weighted by Crippen LogP contribution is -2.36. The summed E-state index contributed by atoms with van der Waals surface area (Å²) in [5, 5.41) is 6.85. The Morgan fingerprint density at radius 1 is 1.24 bits per heavy atom. The van der Waals surface area contributed by atoms with Crippen molar-refractivity contribution in [2.24, 2.45) is 5.92 Å². The van der Waals surface area contributed by atoms with Crippen molar-refractivity contribution in [3.05, 3.63) is 12.3 Å². The second kappa shape index (κ2) is 10.6. The van der Waals surface area contributed by atoms with Crippen LogP contribution in [0, 0.1) is 5.92 Å². The van der Waals surface area contributed by atoms with Crippen molar-refractivity contribution in [2.45, 2.75) is 65.8 Å². The van der Waals surface area contributed by atoms with Crippen LogP contribution in [-0.4, -0.2) is 19.1 Å². The molecule has 2 N–H and O–H groups in total. The third-order valence-corrected chi connectivity index (χ3v) is 3.30. The molecule has 0 aromatic rings. The molecule has 0 aliphatic rings. The molecule has 17 heavy (non-hydrogen) atoms. The molecule has 0 aliphatic carbocycles. The van der Waals surface area contributed by atoms with Gasteiger partial charge in [-0.15, -0.1) is 0 Å². The Hall–Kier alpha value is -0.500. The Bertz CT molecular complexity index is 189. The van der Waals surface area contributed by atoms with Gasteiger partial charge >= 0.3 is 0 Å². The summed E-state index contributed by atoms with van der Waals surface area (Å²) >= 11 is 0. The zero-order valence-electron chi connectivity index (χ0n) is 12.3. The zero-order chi connectivity index (χ0) is 13.1. The van der Waals surface area contributed by atoms with Gasteiger partial charge in [-0.25, -0.2) is 0 Å². The molecule has 2 unspecified atom stereocenters. The van der Waals surface area contributed by atoms with E-state index in [1.54, 1.807) is 0 Å². The molecule has 0 fully saturated rings. The lowest BCUT2D eigenvalue weighted by atomic mass is 9.96. The summed E-state index contributed by atoms with van der Waals surface area (Å²) in [6, 6.07) is 0.524. The number of unbranched alkanes of at least 4 members (excludes halogenated alkanes) is 1. The van der Waals surface area contributed by atoms with Crippen LogP contribution < -0.4 is 10.6 Å². The Morgan fingerprint density at radius 3 is 2.47 bits per heavy atom. The van der Waals surface area contributed by atoms with E-state index in [1.165, 1.54) is 32.1 Å². The van der Waals surface area contributed by atoms with Gasteiger partial charge in [-0.1, -0.05) is 46.1 Å². The van der Waals surface area contributed by atoms with Crippen LogP contribution in [0.15, 0.2) is 12.3 Å². The van der Waals surface area contributed by atoms with E-state index >= 15 is 0 Å². The van der Waals surface area contributed by atoms with Crippen molar-refractivity contribution in [1.82, 2.24) is 10.6 Å². The first-order valence-electron chi connectivity index (χ1n) is 7.22. The van der Waals surface area contributed by atoms with Gasteiger partial charge in [-0.2, -0.15) is 0 Å². The predicted octanol–water partition coefficient (Wildman–Crippen LogP) is 3.69. The van der Waals surface area contributed by atoms with Gasteiger partial charge in [0, 0.05) is 18.3 Å². The maximum atomic E-state index is 3.84. The average molecular weight is 240 g/mol. The minimum Gasteiger partial charge on any atom is -0.387 e. The maximum Gasteiger partial charge on any atom is 0.0295 e. The Balaban J connectivity index is 3.54. The first kappa shape index (κ1) is 16.5. The molecule has 0 spiro atoms. The zero-order valence-corrected chi connectivity index (χ0v) is 12.3. The highest BCUT2D eigenvalue weighted by Crippen LogP contribution is 2.15. The van der Waals surface area contributed by atoms with Crippen molar-refractivity contribution in [3.63, 3.8) is 0 Å². The van der Waals surface area contributed by atoms with Gasteiger partial charge in [0.15, 0.2) is 0 Å². The summed E-state index contributed by atoms with van der Waals surface area (Å²) in [7, 11) is 0. The molecule has 0 amide bonds. The molecule has 0 aromatic carbocycles. The Kier molecular flexibility index (Phi) is 10.3. The molecule has 0 aliphatic heterocycles. The third kappa shape index (κ3) is 10.4. The Labute approximate surface area is 108 Å². The van der Waals surface area contributed by atoms with Crippen molar-refractivity contribution < 1.29 is 0 Å². The van der Waals surface area contributed by atoms with Crippen LogP contribution >= 0.6 is 0 Å². The molecule has 0 saturated heterocycles. The summed E-state index contributed by atoms with van der Waals surface area (Å²) in [5.41, 5.74) is 1.05. The summed E-state index contributed by atoms with van der Waals surface area (Å²) < 4.78 is 0. The number of rotatable bonds is 11. The minimum atomic E-state index is 0.524. The number of allylic oxidation sites excluding steroid dienone is 1. The summed E-state index contributed by atoms with van der Waals surface area (Å²) in [5.74, 6) is 0.906. The van der Waals surface area contributed by atoms with E-state index in [4.69, 9.17) is 0 Å². The van der Waals surface area contributed by atoms with E-state index in [0.717, 1.165) is 24.7 Å². The quantitative estimate of drug-likeness (QED) is 0.575. The van der Waals surface area contributed by atoms with Crippen molar-refractivity contribution in [2.75, 3.05) is 13.1 Å². The number of hydrogen-bond acceptors (Lipinski definition) is 2. The van der Waals surface area contributed by atoms with E-state index < -0.39 is 0 Å². The molecular weight excluding hydrogens is 208 g/mol. The van der Waals surface area contributed by atoms with Crippen molar-refractivity contribution in [3.8, 4) is 0 Å². The smallest absolute Gasteiger partial charge is 0.0295 e. The van der Waals surface area contributed by atoms with Crippen molar-refractivity contribution in [1.29, 1.82) is 0 Å². The standard InChI is InChI=1S/C15H32N2/c1-6-8-9-15(7-2)10-11-16-14(5)12-17-13(3)4/h14-17H,3,6-12H2,1-2,4-5H3. The molecule has 0 aromatic heterocycles. The van der Waals surface area contributed by atoms with E-state index in [-0.39, 0.29) is 0 Å². The molecule has 2 heteroatoms. The summed E-state index contributed by atoms with van der Waals surface area (Å²) in [4.78, 5) is 0. The summed E-state index contributed by atoms with van der Waals surface area (Å²) in [6.45, 7) is 14.8. The van der Waals surface area contributed by atoms with E-state index in [0.29, 0.717) is 6.04 Å². The predicted molar refractivity (Wildman–Crippen MR) is 78.2 cm³/mol. The first-order chi connectivity index (χ1) is 8.10. The Morgan fingerprint density at radius 2 is 1.94 bits per heavy atom. The van der Waals surface area contributed by atoms with Crippen LogP contribution in [0.4, 0.5) is 0 Å². The number of hydrogen-bond donors (Lipinski definition) is 2. The summed E-state index contributed by atoms with van der Waals surface area (Å²) in [6.07, 6.45) is 6.73. The van der Waals surface area contributed by atoms with E-state index in [9.17, 15) is 0 Å². The van der Waals surface area contributed by atoms with E-state index in [2.05, 4.69) is 38.0 Å². The van der Waals surface area contributed by atoms with Gasteiger partial charge in [0.25, 0.3) is 0 Å². The van der Waals surface area contributed by atoms with Crippen LogP contribution in [-0.2, 0) is 0 Å². The molecule has 0 saturated carbocycles. The SMILES string of the molecule is C=C(C)NCC(C)NCCC(CC)CCCC. The highest BCUT2D eigenvalue weighted by Gasteiger charge is 2.06. The molecule has 0 bridgehead atoms. The van der Waals surface area contributed by atoms with Crippen LogP contribution in [0.3, 0.4) is 0 Å². The highest BCUT2D eigenvalue weighted by molar-refractivity contribution is 4.85. The highest BCUT2D eigenvalue weighted by atomic mass is 15.0. The van der Waals surface area contributed by atoms with Gasteiger partial charge in [-0.05, 0) is 32.7 Å². The monoisotopic (exact) mass is 240 g/mol. The van der Waals surface area contributed by atoms with Gasteiger partial charge in [0.05, 0.1) is 0 Å². The molecule has 102 valence electrons. The van der Waals surface area contributed by atoms with Crippen LogP contribution in [0.5, 0.6) is 0 Å². The van der Waals surface area contributed by atoms with Crippen molar-refractivity contribution >= 4 is 0 Å². The molecule has 0 rings (SSSR count). The molecule has 2 nitrogen and oxygen atoms in total. The largest absolute Gasteiger partial charge is 0.387 e. The maximum absolute atomic E-state index is 3.84. The van der Waals surface area contributed by atoms with Crippen LogP contribution in [0.1, 0.15) is 59.8 Å². The fourth-order valence-corrected chi connectivity index (χ4v) is 1.98. The lowest BCUT2D eigenvalue weighted by molar-refractivity contribution is 0.395. The molecular formula is C15H32N2. The second-order valence-electron chi connectivity index (χ2n) is 5.22. The first-order valence-corrected chi connectivity index (χ1v) is 7.22. The molecule has 0 radical (unpaired) electrons. The minimum absolute atomic E-state index is 0.524.